The fraction of sp³-hybridized carbons (Fsp3) is 0.647. The van der Waals surface area contributed by atoms with Gasteiger partial charge in [-0.2, -0.15) is 0 Å². The Hall–Kier alpha value is -3.42. The Morgan fingerprint density at radius 1 is 0.871 bits per heavy atom. The average Bonchev–Trinajstić information content (AvgIpc) is 2.66. The van der Waals surface area contributed by atoms with Crippen LogP contribution >= 0.6 is 0 Å². The average molecular weight is 444 g/mol. The Morgan fingerprint density at radius 3 is 1.94 bits per heavy atom. The highest BCUT2D eigenvalue weighted by atomic mass is 16.4. The summed E-state index contributed by atoms with van der Waals surface area (Å²) in [7, 11) is 0. The van der Waals surface area contributed by atoms with Gasteiger partial charge in [-0.1, -0.05) is 0 Å². The molecule has 14 heteroatoms. The summed E-state index contributed by atoms with van der Waals surface area (Å²) in [5.74, 6) is -4.27. The van der Waals surface area contributed by atoms with Crippen molar-refractivity contribution in [1.29, 1.82) is 0 Å². The molecular formula is C17H32N8O6. The molecule has 0 rings (SSSR count). The number of carbonyl (C=O) groups excluding carboxylic acids is 4. The number of carboxylic acid groups (broad SMARTS) is 1. The van der Waals surface area contributed by atoms with E-state index >= 15 is 0 Å². The summed E-state index contributed by atoms with van der Waals surface area (Å²) in [5.41, 5.74) is 20.9. The maximum Gasteiger partial charge on any atom is 0.326 e. The van der Waals surface area contributed by atoms with Gasteiger partial charge in [0, 0.05) is 13.0 Å². The van der Waals surface area contributed by atoms with Crippen LogP contribution in [0.2, 0.25) is 0 Å². The molecule has 0 aliphatic heterocycles. The molecule has 4 unspecified atom stereocenters. The number of carbonyl (C=O) groups is 5. The Balaban J connectivity index is 5.14. The van der Waals surface area contributed by atoms with Crippen molar-refractivity contribution in [3.8, 4) is 0 Å². The van der Waals surface area contributed by atoms with Crippen LogP contribution in [-0.4, -0.2) is 71.4 Å². The Labute approximate surface area is 179 Å². The minimum Gasteiger partial charge on any atom is -0.480 e. The second kappa shape index (κ2) is 13.7. The Morgan fingerprint density at radius 2 is 1.45 bits per heavy atom. The predicted octanol–water partition coefficient (Wildman–Crippen LogP) is -3.79. The second-order valence-electron chi connectivity index (χ2n) is 6.93. The van der Waals surface area contributed by atoms with E-state index in [2.05, 4.69) is 20.9 Å². The summed E-state index contributed by atoms with van der Waals surface area (Å²) in [4.78, 5) is 62.8. The van der Waals surface area contributed by atoms with E-state index in [1.807, 2.05) is 0 Å². The lowest BCUT2D eigenvalue weighted by atomic mass is 10.1. The van der Waals surface area contributed by atoms with Gasteiger partial charge in [-0.3, -0.25) is 24.2 Å². The number of amides is 4. The first-order chi connectivity index (χ1) is 14.3. The van der Waals surface area contributed by atoms with Crippen molar-refractivity contribution in [3.05, 3.63) is 0 Å². The van der Waals surface area contributed by atoms with Crippen LogP contribution in [0.25, 0.3) is 0 Å². The maximum atomic E-state index is 12.6. The van der Waals surface area contributed by atoms with Crippen molar-refractivity contribution >= 4 is 35.6 Å². The lowest BCUT2D eigenvalue weighted by molar-refractivity contribution is -0.142. The zero-order valence-corrected chi connectivity index (χ0v) is 17.6. The van der Waals surface area contributed by atoms with Gasteiger partial charge in [-0.05, 0) is 33.1 Å². The molecular weight excluding hydrogens is 412 g/mol. The summed E-state index contributed by atoms with van der Waals surface area (Å²) in [5, 5.41) is 16.4. The molecule has 31 heavy (non-hydrogen) atoms. The topological polar surface area (TPSA) is 258 Å². The van der Waals surface area contributed by atoms with Crippen molar-refractivity contribution in [3.63, 3.8) is 0 Å². The molecule has 0 fully saturated rings. The van der Waals surface area contributed by atoms with Crippen LogP contribution < -0.4 is 38.9 Å². The number of nitrogens with zero attached hydrogens (tertiary/aromatic N) is 1. The van der Waals surface area contributed by atoms with Crippen LogP contribution in [0.15, 0.2) is 4.99 Å². The number of nitrogens with two attached hydrogens (primary N) is 4. The number of hydrogen-bond donors (Lipinski definition) is 8. The molecule has 14 nitrogen and oxygen atoms in total. The first-order valence-corrected chi connectivity index (χ1v) is 9.58. The number of hydrogen-bond acceptors (Lipinski definition) is 7. The summed E-state index contributed by atoms with van der Waals surface area (Å²) < 4.78 is 0. The third-order valence-electron chi connectivity index (χ3n) is 4.04. The molecule has 0 bridgehead atoms. The molecule has 4 amide bonds. The number of nitrogens with one attached hydrogen (secondary N) is 3. The minimum atomic E-state index is -1.30. The Bertz CT molecular complexity index is 692. The van der Waals surface area contributed by atoms with Crippen LogP contribution in [0.4, 0.5) is 0 Å². The molecule has 0 aromatic rings. The van der Waals surface area contributed by atoms with Gasteiger partial charge in [0.15, 0.2) is 5.96 Å². The molecule has 0 saturated heterocycles. The second-order valence-corrected chi connectivity index (χ2v) is 6.93. The zero-order valence-electron chi connectivity index (χ0n) is 17.6. The van der Waals surface area contributed by atoms with Gasteiger partial charge in [0.05, 0.1) is 6.04 Å². The summed E-state index contributed by atoms with van der Waals surface area (Å²) >= 11 is 0. The molecule has 176 valence electrons. The van der Waals surface area contributed by atoms with E-state index in [9.17, 15) is 29.1 Å². The number of aliphatic carboxylic acids is 1. The number of rotatable bonds is 14. The zero-order chi connectivity index (χ0) is 24.1. The lowest BCUT2D eigenvalue weighted by Crippen LogP contribution is -2.56. The van der Waals surface area contributed by atoms with Crippen molar-refractivity contribution in [1.82, 2.24) is 16.0 Å². The number of guanidine groups is 1. The smallest absolute Gasteiger partial charge is 0.326 e. The first-order valence-electron chi connectivity index (χ1n) is 9.58. The van der Waals surface area contributed by atoms with E-state index < -0.39 is 53.8 Å². The van der Waals surface area contributed by atoms with E-state index in [0.29, 0.717) is 0 Å². The lowest BCUT2D eigenvalue weighted by Gasteiger charge is -2.23. The molecule has 4 atom stereocenters. The Kier molecular flexibility index (Phi) is 12.2. The highest BCUT2D eigenvalue weighted by Gasteiger charge is 2.28. The van der Waals surface area contributed by atoms with Crippen molar-refractivity contribution in [2.24, 2.45) is 27.9 Å². The molecule has 0 heterocycles. The van der Waals surface area contributed by atoms with Gasteiger partial charge in [-0.15, -0.1) is 0 Å². The van der Waals surface area contributed by atoms with Gasteiger partial charge in [0.25, 0.3) is 0 Å². The maximum absolute atomic E-state index is 12.6. The van der Waals surface area contributed by atoms with Gasteiger partial charge >= 0.3 is 5.97 Å². The van der Waals surface area contributed by atoms with E-state index in [1.54, 1.807) is 0 Å². The molecule has 12 N–H and O–H groups in total. The first kappa shape index (κ1) is 27.6. The normalized spacial score (nSPS) is 14.3. The van der Waals surface area contributed by atoms with Crippen LogP contribution in [0.3, 0.4) is 0 Å². The SMILES string of the molecule is CC(N)C(=O)NC(C)C(=O)NC(CCC(N)=O)C(=O)NC(CCCN=C(N)N)C(=O)O. The standard InChI is InChI=1S/C17H32N8O6/c1-8(18)13(27)23-9(2)14(28)24-10(5-6-12(19)26)15(29)25-11(16(30)31)4-3-7-22-17(20)21/h8-11H,3-7,18H2,1-2H3,(H2,19,26)(H,23,27)(H,24,28)(H,25,29)(H,30,31)(H4,20,21,22). The van der Waals surface area contributed by atoms with Gasteiger partial charge in [0.2, 0.25) is 23.6 Å². The highest BCUT2D eigenvalue weighted by Crippen LogP contribution is 2.03. The molecule has 0 aliphatic carbocycles. The van der Waals surface area contributed by atoms with Crippen LogP contribution in [0, 0.1) is 0 Å². The van der Waals surface area contributed by atoms with Crippen molar-refractivity contribution < 1.29 is 29.1 Å². The van der Waals surface area contributed by atoms with Crippen LogP contribution in [-0.2, 0) is 24.0 Å². The molecule has 0 saturated carbocycles. The molecule has 0 radical (unpaired) electrons. The van der Waals surface area contributed by atoms with Crippen LogP contribution in [0.1, 0.15) is 39.5 Å². The molecule has 0 aromatic heterocycles. The highest BCUT2D eigenvalue weighted by molar-refractivity contribution is 5.94. The number of carboxylic acids is 1. The molecule has 0 spiro atoms. The molecule has 0 aromatic carbocycles. The summed E-state index contributed by atoms with van der Waals surface area (Å²) in [6.07, 6.45) is -0.106. The fourth-order valence-electron chi connectivity index (χ4n) is 2.30. The fourth-order valence-corrected chi connectivity index (χ4v) is 2.30. The van der Waals surface area contributed by atoms with E-state index in [1.165, 1.54) is 13.8 Å². The van der Waals surface area contributed by atoms with E-state index in [-0.39, 0.29) is 38.2 Å². The quantitative estimate of drug-likeness (QED) is 0.0741. The van der Waals surface area contributed by atoms with Crippen molar-refractivity contribution in [2.75, 3.05) is 6.54 Å². The predicted molar refractivity (Wildman–Crippen MR) is 111 cm³/mol. The van der Waals surface area contributed by atoms with Gasteiger partial charge < -0.3 is 44.0 Å². The third kappa shape index (κ3) is 12.0. The van der Waals surface area contributed by atoms with E-state index in [4.69, 9.17) is 22.9 Å². The number of aliphatic imine (C=N–C) groups is 1. The van der Waals surface area contributed by atoms with Gasteiger partial charge in [0.1, 0.15) is 18.1 Å². The van der Waals surface area contributed by atoms with Crippen molar-refractivity contribution in [2.45, 2.75) is 63.7 Å². The number of primary amides is 1. The van der Waals surface area contributed by atoms with Gasteiger partial charge in [-0.25, -0.2) is 4.79 Å². The molecule has 0 aliphatic rings. The summed E-state index contributed by atoms with van der Waals surface area (Å²) in [6.45, 7) is 2.98. The van der Waals surface area contributed by atoms with E-state index in [0.717, 1.165) is 0 Å². The largest absolute Gasteiger partial charge is 0.480 e. The van der Waals surface area contributed by atoms with Crippen LogP contribution in [0.5, 0.6) is 0 Å². The third-order valence-corrected chi connectivity index (χ3v) is 4.04. The summed E-state index contributed by atoms with van der Waals surface area (Å²) in [6, 6.07) is -4.41. The monoisotopic (exact) mass is 444 g/mol. The minimum absolute atomic E-state index is 0.0230.